The molecule has 0 bridgehead atoms. The molecule has 3 aliphatic heterocycles. The second kappa shape index (κ2) is 18.6. The molecule has 0 unspecified atom stereocenters. The van der Waals surface area contributed by atoms with E-state index in [2.05, 4.69) is 63.2 Å². The van der Waals surface area contributed by atoms with Gasteiger partial charge in [0.05, 0.1) is 27.0 Å². The molecule has 1 amide bonds. The molecule has 70 heavy (non-hydrogen) atoms. The van der Waals surface area contributed by atoms with Gasteiger partial charge in [-0.25, -0.2) is 13.1 Å². The molecule has 1 spiro atoms. The first kappa shape index (κ1) is 47.6. The van der Waals surface area contributed by atoms with Crippen LogP contribution >= 0.6 is 0 Å². The lowest BCUT2D eigenvalue weighted by atomic mass is 9.70. The number of aromatic amines is 1. The van der Waals surface area contributed by atoms with Gasteiger partial charge in [0.25, 0.3) is 27.5 Å². The minimum atomic E-state index is -4.81. The monoisotopic (exact) mass is 983 g/mol. The number of aromatic nitrogens is 2. The molecule has 0 radical (unpaired) electrons. The maximum absolute atomic E-state index is 14.2. The van der Waals surface area contributed by atoms with Crippen molar-refractivity contribution in [2.24, 2.45) is 11.3 Å². The first-order valence-electron chi connectivity index (χ1n) is 24.3. The van der Waals surface area contributed by atoms with Gasteiger partial charge in [0.15, 0.2) is 17.2 Å². The minimum Gasteiger partial charge on any atom is -0.489 e. The normalized spacial score (nSPS) is 24.5. The van der Waals surface area contributed by atoms with Gasteiger partial charge in [-0.2, -0.15) is 13.8 Å². The second-order valence-corrected chi connectivity index (χ2v) is 22.2. The van der Waals surface area contributed by atoms with Gasteiger partial charge < -0.3 is 34.5 Å². The number of benzene rings is 3. The van der Waals surface area contributed by atoms with Gasteiger partial charge in [-0.3, -0.25) is 19.8 Å². The molecule has 3 aromatic carbocycles. The van der Waals surface area contributed by atoms with E-state index in [4.69, 9.17) is 14.2 Å². The zero-order valence-corrected chi connectivity index (χ0v) is 40.3. The van der Waals surface area contributed by atoms with Crippen LogP contribution in [0.15, 0.2) is 77.8 Å². The van der Waals surface area contributed by atoms with Gasteiger partial charge >= 0.3 is 6.61 Å². The standard InChI is InChI=1S/C51H59F2N7O9S/c1-30(2)35-7-4-5-8-36(35)37-9-6-10-40(37)59-28-51(29-59)18-21-58(22-19-51)33-11-12-38(42(24-33)68-44-23-32-15-20-54-46(32)56-48(44)69-49(52)53)47(61)57-70(65,66)34-25-41(60(63)64)45-43(26-34)67-27-39(55-45)31-13-16-50(3,62)17-14-31/h4-5,7-8,11-12,15,20,23-26,30-31,37,39-40,49,55,62H,6,9-10,13-14,16-19,21-22,27-29H2,1-3H3,(H,54,56)(H,57,61)/t31-,37-,39+,40-,50-/m0/s1. The van der Waals surface area contributed by atoms with Crippen LogP contribution in [0.3, 0.4) is 0 Å². The van der Waals surface area contributed by atoms with Crippen molar-refractivity contribution in [2.45, 2.75) is 120 Å². The van der Waals surface area contributed by atoms with Crippen LogP contribution in [-0.2, 0) is 10.0 Å². The minimum absolute atomic E-state index is 0.0222. The molecule has 2 saturated carbocycles. The average molecular weight is 984 g/mol. The fraction of sp³-hybridized carbons (Fsp3) is 0.490. The number of nitro benzene ring substituents is 1. The summed E-state index contributed by atoms with van der Waals surface area (Å²) in [6, 6.07) is 18.8. The average Bonchev–Trinajstić information content (AvgIpc) is 4.00. The van der Waals surface area contributed by atoms with Crippen molar-refractivity contribution in [3.8, 4) is 23.1 Å². The Hall–Kier alpha value is -6.05. The van der Waals surface area contributed by atoms with Gasteiger partial charge in [0, 0.05) is 67.7 Å². The summed E-state index contributed by atoms with van der Waals surface area (Å²) in [6.07, 6.45) is 9.49. The Morgan fingerprint density at radius 2 is 1.76 bits per heavy atom. The lowest BCUT2D eigenvalue weighted by molar-refractivity contribution is -0.384. The van der Waals surface area contributed by atoms with E-state index in [1.54, 1.807) is 31.3 Å². The molecule has 10 rings (SSSR count). The number of nitrogens with zero attached hydrogens (tertiary/aromatic N) is 4. The smallest absolute Gasteiger partial charge is 0.388 e. The number of aliphatic hydroxyl groups is 1. The van der Waals surface area contributed by atoms with E-state index in [1.165, 1.54) is 42.5 Å². The highest BCUT2D eigenvalue weighted by Gasteiger charge is 2.49. The molecule has 2 aliphatic carbocycles. The van der Waals surface area contributed by atoms with E-state index < -0.39 is 49.5 Å². The Bertz CT molecular complexity index is 2900. The van der Waals surface area contributed by atoms with Gasteiger partial charge in [-0.15, -0.1) is 0 Å². The number of amides is 1. The number of ether oxygens (including phenoxy) is 3. The molecule has 3 atom stereocenters. The number of hydrogen-bond donors (Lipinski definition) is 4. The van der Waals surface area contributed by atoms with Crippen molar-refractivity contribution in [1.82, 2.24) is 19.6 Å². The number of nitro groups is 1. The Kier molecular flexibility index (Phi) is 12.7. The van der Waals surface area contributed by atoms with E-state index in [0.717, 1.165) is 38.1 Å². The molecular weight excluding hydrogens is 925 g/mol. The van der Waals surface area contributed by atoms with Crippen LogP contribution < -0.4 is 29.1 Å². The maximum atomic E-state index is 14.2. The lowest BCUT2D eigenvalue weighted by Gasteiger charge is -2.57. The predicted octanol–water partition coefficient (Wildman–Crippen LogP) is 9.46. The Balaban J connectivity index is 0.888. The molecule has 2 aromatic heterocycles. The Morgan fingerprint density at radius 1 is 1.00 bits per heavy atom. The second-order valence-electron chi connectivity index (χ2n) is 20.6. The molecule has 5 aromatic rings. The number of fused-ring (bicyclic) bond motifs is 2. The number of alkyl halides is 2. The van der Waals surface area contributed by atoms with Crippen LogP contribution in [0, 0.1) is 21.4 Å². The number of anilines is 2. The predicted molar refractivity (Wildman–Crippen MR) is 259 cm³/mol. The maximum Gasteiger partial charge on any atom is 0.388 e. The summed E-state index contributed by atoms with van der Waals surface area (Å²) in [4.78, 5) is 37.2. The zero-order valence-electron chi connectivity index (χ0n) is 39.5. The number of pyridine rings is 1. The fourth-order valence-electron chi connectivity index (χ4n) is 11.7. The zero-order chi connectivity index (χ0) is 49.1. The lowest BCUT2D eigenvalue weighted by Crippen LogP contribution is -2.63. The summed E-state index contributed by atoms with van der Waals surface area (Å²) in [6.45, 7) is 6.59. The summed E-state index contributed by atoms with van der Waals surface area (Å²) >= 11 is 0. The van der Waals surface area contributed by atoms with Gasteiger partial charge in [0.2, 0.25) is 0 Å². The third kappa shape index (κ3) is 9.46. The van der Waals surface area contributed by atoms with E-state index >= 15 is 0 Å². The van der Waals surface area contributed by atoms with E-state index in [1.807, 2.05) is 4.72 Å². The van der Waals surface area contributed by atoms with Crippen LogP contribution in [0.2, 0.25) is 0 Å². The first-order chi connectivity index (χ1) is 33.4. The molecule has 5 heterocycles. The summed E-state index contributed by atoms with van der Waals surface area (Å²) in [5, 5.41) is 26.6. The van der Waals surface area contributed by atoms with Crippen molar-refractivity contribution < 1.29 is 46.2 Å². The third-order valence-corrected chi connectivity index (χ3v) is 16.9. The molecule has 372 valence electrons. The van der Waals surface area contributed by atoms with Crippen molar-refractivity contribution in [3.05, 3.63) is 99.7 Å². The highest BCUT2D eigenvalue weighted by Crippen LogP contribution is 2.50. The summed E-state index contributed by atoms with van der Waals surface area (Å²) < 4.78 is 74.6. The third-order valence-electron chi connectivity index (χ3n) is 15.5. The number of piperidine rings is 1. The SMILES string of the molecule is CC(C)c1ccccc1[C@@H]1CCC[C@@H]1N1CC2(CCN(c3ccc(C(=O)NS(=O)(=O)c4cc5c(c([N+](=O)[O-])c4)N[C@@H]([C@H]4CC[C@](C)(O)CC4)CO5)c(Oc4cc5cc[nH]c5nc4OC(F)F)c3)CC2)C1. The molecular formula is C51H59F2N7O9S. The highest BCUT2D eigenvalue weighted by atomic mass is 32.2. The topological polar surface area (TPSA) is 201 Å². The number of nitrogens with one attached hydrogen (secondary N) is 3. The number of rotatable bonds is 13. The summed E-state index contributed by atoms with van der Waals surface area (Å²) in [7, 11) is -4.81. The molecule has 5 aliphatic rings. The van der Waals surface area contributed by atoms with Crippen molar-refractivity contribution in [2.75, 3.05) is 43.0 Å². The van der Waals surface area contributed by atoms with E-state index in [-0.39, 0.29) is 58.1 Å². The van der Waals surface area contributed by atoms with Gasteiger partial charge in [-0.05, 0) is 117 Å². The largest absolute Gasteiger partial charge is 0.489 e. The molecule has 16 nitrogen and oxygen atoms in total. The van der Waals surface area contributed by atoms with Crippen molar-refractivity contribution >= 4 is 44.0 Å². The first-order valence-corrected chi connectivity index (χ1v) is 25.8. The Labute approximate surface area is 405 Å². The Morgan fingerprint density at radius 3 is 2.49 bits per heavy atom. The van der Waals surface area contributed by atoms with Gasteiger partial charge in [0.1, 0.15) is 18.0 Å². The number of hydrogen-bond acceptors (Lipinski definition) is 13. The van der Waals surface area contributed by atoms with E-state index in [9.17, 15) is 37.2 Å². The number of sulfonamides is 1. The van der Waals surface area contributed by atoms with E-state index in [0.29, 0.717) is 67.7 Å². The van der Waals surface area contributed by atoms with Crippen LogP contribution in [-0.4, -0.2) is 96.3 Å². The summed E-state index contributed by atoms with van der Waals surface area (Å²) in [5.74, 6) is -1.15. The van der Waals surface area contributed by atoms with Crippen molar-refractivity contribution in [1.29, 1.82) is 0 Å². The molecule has 2 saturated heterocycles. The molecule has 4 fully saturated rings. The fourth-order valence-corrected chi connectivity index (χ4v) is 12.7. The van der Waals surface area contributed by atoms with Crippen LogP contribution in [0.1, 0.15) is 112 Å². The highest BCUT2D eigenvalue weighted by molar-refractivity contribution is 7.90. The molecule has 19 heteroatoms. The number of carbonyl (C=O) groups excluding carboxylic acids is 1. The van der Waals surface area contributed by atoms with Gasteiger partial charge in [-0.1, -0.05) is 44.5 Å². The summed E-state index contributed by atoms with van der Waals surface area (Å²) in [5.41, 5.74) is 2.42. The number of likely N-dealkylation sites (tertiary alicyclic amines) is 1. The van der Waals surface area contributed by atoms with Crippen molar-refractivity contribution in [3.63, 3.8) is 0 Å². The number of H-pyrrole nitrogens is 1. The molecule has 4 N–H and O–H groups in total. The van der Waals surface area contributed by atoms with Crippen LogP contribution in [0.25, 0.3) is 11.0 Å². The number of halogens is 2. The quantitative estimate of drug-likeness (QED) is 0.0643. The van der Waals surface area contributed by atoms with Crippen LogP contribution in [0.4, 0.5) is 25.8 Å². The van der Waals surface area contributed by atoms with Crippen LogP contribution in [0.5, 0.6) is 23.1 Å². The number of carbonyl (C=O) groups is 1.